The Hall–Kier alpha value is -1.65. The predicted molar refractivity (Wildman–Crippen MR) is 85.1 cm³/mol. The van der Waals surface area contributed by atoms with Crippen molar-refractivity contribution in [1.82, 2.24) is 9.55 Å². The molecular weight excluding hydrogens is 266 g/mol. The van der Waals surface area contributed by atoms with Crippen LogP contribution in [0.1, 0.15) is 23.9 Å². The van der Waals surface area contributed by atoms with Crippen molar-refractivity contribution in [3.63, 3.8) is 0 Å². The highest BCUT2D eigenvalue weighted by Crippen LogP contribution is 2.20. The van der Waals surface area contributed by atoms with Crippen molar-refractivity contribution in [2.45, 2.75) is 32.4 Å². The van der Waals surface area contributed by atoms with Gasteiger partial charge in [0, 0.05) is 29.3 Å². The molecule has 0 saturated heterocycles. The molecule has 0 fully saturated rings. The molecule has 0 saturated carbocycles. The first-order valence-electron chi connectivity index (χ1n) is 6.98. The lowest BCUT2D eigenvalue weighted by atomic mass is 10.0. The molecule has 3 rings (SSSR count). The second-order valence-corrected chi connectivity index (χ2v) is 6.11. The molecule has 1 unspecified atom stereocenters. The predicted octanol–water partition coefficient (Wildman–Crippen LogP) is 3.43. The van der Waals surface area contributed by atoms with Gasteiger partial charge in [0.1, 0.15) is 5.01 Å². The Labute approximate surface area is 123 Å². The fraction of sp³-hybridized carbons (Fsp3) is 0.312. The molecule has 0 aliphatic rings. The Bertz CT molecular complexity index is 685. The van der Waals surface area contributed by atoms with Crippen LogP contribution in [-0.4, -0.2) is 15.6 Å². The van der Waals surface area contributed by atoms with Gasteiger partial charge >= 0.3 is 0 Å². The van der Waals surface area contributed by atoms with Gasteiger partial charge in [-0.3, -0.25) is 0 Å². The molecule has 0 bridgehead atoms. The van der Waals surface area contributed by atoms with E-state index >= 15 is 0 Å². The number of fused-ring (bicyclic) bond motifs is 1. The molecule has 3 aromatic rings. The van der Waals surface area contributed by atoms with Crippen molar-refractivity contribution in [3.8, 4) is 0 Å². The van der Waals surface area contributed by atoms with Gasteiger partial charge in [-0.1, -0.05) is 13.0 Å². The summed E-state index contributed by atoms with van der Waals surface area (Å²) in [6.45, 7) is 2.97. The third-order valence-electron chi connectivity index (χ3n) is 3.65. The molecular formula is C16H19N3S. The molecule has 0 spiro atoms. The highest BCUT2D eigenvalue weighted by atomic mass is 32.1. The van der Waals surface area contributed by atoms with Crippen molar-refractivity contribution in [3.05, 3.63) is 52.6 Å². The molecule has 1 aromatic carbocycles. The van der Waals surface area contributed by atoms with Gasteiger partial charge in [0.25, 0.3) is 0 Å². The van der Waals surface area contributed by atoms with E-state index in [1.54, 1.807) is 11.3 Å². The van der Waals surface area contributed by atoms with Crippen molar-refractivity contribution in [2.24, 2.45) is 5.73 Å². The van der Waals surface area contributed by atoms with E-state index in [0.717, 1.165) is 24.4 Å². The molecule has 2 aromatic heterocycles. The third kappa shape index (κ3) is 2.76. The van der Waals surface area contributed by atoms with Gasteiger partial charge < -0.3 is 10.3 Å². The zero-order chi connectivity index (χ0) is 13.9. The zero-order valence-corrected chi connectivity index (χ0v) is 12.4. The number of aromatic nitrogens is 2. The second-order valence-electron chi connectivity index (χ2n) is 5.14. The van der Waals surface area contributed by atoms with Crippen LogP contribution in [0.4, 0.5) is 0 Å². The summed E-state index contributed by atoms with van der Waals surface area (Å²) in [6.07, 6.45) is 5.96. The van der Waals surface area contributed by atoms with Crippen molar-refractivity contribution in [1.29, 1.82) is 0 Å². The minimum Gasteiger partial charge on any atom is -0.341 e. The Morgan fingerprint density at radius 1 is 1.35 bits per heavy atom. The van der Waals surface area contributed by atoms with Crippen LogP contribution in [0.5, 0.6) is 0 Å². The molecule has 20 heavy (non-hydrogen) atoms. The number of hydrogen-bond acceptors (Lipinski definition) is 3. The smallest absolute Gasteiger partial charge is 0.112 e. The van der Waals surface area contributed by atoms with Gasteiger partial charge in [0.15, 0.2) is 0 Å². The average molecular weight is 285 g/mol. The van der Waals surface area contributed by atoms with Crippen LogP contribution in [0, 0.1) is 0 Å². The van der Waals surface area contributed by atoms with Crippen molar-refractivity contribution >= 4 is 22.2 Å². The maximum absolute atomic E-state index is 6.03. The Morgan fingerprint density at radius 2 is 2.25 bits per heavy atom. The fourth-order valence-corrected chi connectivity index (χ4v) is 3.05. The maximum Gasteiger partial charge on any atom is 0.112 e. The minimum atomic E-state index is 0.254. The number of nitrogens with zero attached hydrogens (tertiary/aromatic N) is 2. The molecule has 0 amide bonds. The molecule has 0 aliphatic heterocycles. The summed E-state index contributed by atoms with van der Waals surface area (Å²) in [5.41, 5.74) is 8.61. The number of nitrogens with two attached hydrogens (primary N) is 1. The van der Waals surface area contributed by atoms with E-state index < -0.39 is 0 Å². The van der Waals surface area contributed by atoms with E-state index in [-0.39, 0.29) is 6.04 Å². The summed E-state index contributed by atoms with van der Waals surface area (Å²) in [5, 5.41) is 4.44. The Kier molecular flexibility index (Phi) is 3.85. The zero-order valence-electron chi connectivity index (χ0n) is 11.6. The van der Waals surface area contributed by atoms with E-state index in [1.165, 1.54) is 16.5 Å². The van der Waals surface area contributed by atoms with Crippen LogP contribution in [0.3, 0.4) is 0 Å². The third-order valence-corrected chi connectivity index (χ3v) is 4.41. The number of benzene rings is 1. The summed E-state index contributed by atoms with van der Waals surface area (Å²) < 4.78 is 2.25. The van der Waals surface area contributed by atoms with Crippen LogP contribution in [-0.2, 0) is 13.0 Å². The largest absolute Gasteiger partial charge is 0.341 e. The van der Waals surface area contributed by atoms with E-state index in [1.807, 2.05) is 11.6 Å². The first kappa shape index (κ1) is 13.3. The SMILES string of the molecule is CCC(N)Cc1ccc2c(ccn2Cc2nccs2)c1. The first-order valence-corrected chi connectivity index (χ1v) is 7.86. The van der Waals surface area contributed by atoms with E-state index in [2.05, 4.69) is 46.9 Å². The first-order chi connectivity index (χ1) is 9.76. The number of thiazole rings is 1. The quantitative estimate of drug-likeness (QED) is 0.780. The van der Waals surface area contributed by atoms with Gasteiger partial charge in [0.2, 0.25) is 0 Å². The molecule has 1 atom stereocenters. The van der Waals surface area contributed by atoms with Crippen LogP contribution in [0.25, 0.3) is 10.9 Å². The van der Waals surface area contributed by atoms with Gasteiger partial charge in [-0.2, -0.15) is 0 Å². The molecule has 0 radical (unpaired) electrons. The highest BCUT2D eigenvalue weighted by molar-refractivity contribution is 7.09. The lowest BCUT2D eigenvalue weighted by Gasteiger charge is -2.09. The molecule has 2 heterocycles. The summed E-state index contributed by atoms with van der Waals surface area (Å²) >= 11 is 1.70. The van der Waals surface area contributed by atoms with E-state index in [4.69, 9.17) is 5.73 Å². The van der Waals surface area contributed by atoms with Crippen molar-refractivity contribution in [2.75, 3.05) is 0 Å². The minimum absolute atomic E-state index is 0.254. The number of rotatable bonds is 5. The average Bonchev–Trinajstić information content (AvgIpc) is 3.09. The Morgan fingerprint density at radius 3 is 3.00 bits per heavy atom. The number of hydrogen-bond donors (Lipinski definition) is 1. The molecule has 0 aliphatic carbocycles. The normalized spacial score (nSPS) is 12.9. The molecule has 104 valence electrons. The fourth-order valence-electron chi connectivity index (χ4n) is 2.44. The van der Waals surface area contributed by atoms with Gasteiger partial charge in [-0.05, 0) is 42.0 Å². The standard InChI is InChI=1S/C16H19N3S/c1-2-14(17)10-12-3-4-15-13(9-12)5-7-19(15)11-16-18-6-8-20-16/h3-9,14H,2,10-11,17H2,1H3. The van der Waals surface area contributed by atoms with E-state index in [9.17, 15) is 0 Å². The van der Waals surface area contributed by atoms with Crippen LogP contribution in [0.2, 0.25) is 0 Å². The van der Waals surface area contributed by atoms with Gasteiger partial charge in [0.05, 0.1) is 6.54 Å². The summed E-state index contributed by atoms with van der Waals surface area (Å²) in [4.78, 5) is 4.35. The summed E-state index contributed by atoms with van der Waals surface area (Å²) in [5.74, 6) is 0. The van der Waals surface area contributed by atoms with Gasteiger partial charge in [-0.15, -0.1) is 11.3 Å². The maximum atomic E-state index is 6.03. The summed E-state index contributed by atoms with van der Waals surface area (Å²) in [7, 11) is 0. The lowest BCUT2D eigenvalue weighted by Crippen LogP contribution is -2.21. The van der Waals surface area contributed by atoms with Gasteiger partial charge in [-0.25, -0.2) is 4.98 Å². The topological polar surface area (TPSA) is 43.8 Å². The highest BCUT2D eigenvalue weighted by Gasteiger charge is 2.06. The second kappa shape index (κ2) is 5.77. The van der Waals surface area contributed by atoms with Crippen molar-refractivity contribution < 1.29 is 0 Å². The van der Waals surface area contributed by atoms with Crippen LogP contribution < -0.4 is 5.73 Å². The summed E-state index contributed by atoms with van der Waals surface area (Å²) in [6, 6.07) is 9.06. The molecule has 3 nitrogen and oxygen atoms in total. The monoisotopic (exact) mass is 285 g/mol. The molecule has 4 heteroatoms. The Balaban J connectivity index is 1.86. The van der Waals surface area contributed by atoms with Crippen LogP contribution >= 0.6 is 11.3 Å². The molecule has 2 N–H and O–H groups in total. The van der Waals surface area contributed by atoms with E-state index in [0.29, 0.717) is 0 Å². The van der Waals surface area contributed by atoms with Crippen LogP contribution in [0.15, 0.2) is 42.0 Å². The lowest BCUT2D eigenvalue weighted by molar-refractivity contribution is 0.647.